The van der Waals surface area contributed by atoms with Crippen LogP contribution in [0.3, 0.4) is 0 Å². The van der Waals surface area contributed by atoms with Crippen molar-refractivity contribution in [2.24, 2.45) is 4.99 Å². The number of esters is 1. The Morgan fingerprint density at radius 1 is 1.17 bits per heavy atom. The molecule has 1 N–H and O–H groups in total. The molecule has 4 nitrogen and oxygen atoms in total. The van der Waals surface area contributed by atoms with Gasteiger partial charge in [-0.3, -0.25) is 4.99 Å². The number of nitrogens with zero attached hydrogens (tertiary/aromatic N) is 1. The van der Waals surface area contributed by atoms with Crippen molar-refractivity contribution < 1.29 is 9.53 Å². The second-order valence-corrected chi connectivity index (χ2v) is 6.01. The molecule has 1 aliphatic rings. The highest BCUT2D eigenvalue weighted by molar-refractivity contribution is 6.08. The first kappa shape index (κ1) is 14.7. The molecular formula is C20H18N2O2. The quantitative estimate of drug-likeness (QED) is 0.753. The van der Waals surface area contributed by atoms with Crippen LogP contribution in [0.15, 0.2) is 59.6 Å². The summed E-state index contributed by atoms with van der Waals surface area (Å²) in [4.78, 5) is 20.3. The summed E-state index contributed by atoms with van der Waals surface area (Å²) in [6.07, 6.45) is 1.26. The van der Waals surface area contributed by atoms with Crippen LogP contribution in [0.5, 0.6) is 0 Å². The first-order valence-corrected chi connectivity index (χ1v) is 8.04. The molecule has 2 aromatic carbocycles. The fourth-order valence-corrected chi connectivity index (χ4v) is 3.35. The molecule has 24 heavy (non-hydrogen) atoms. The lowest BCUT2D eigenvalue weighted by atomic mass is 9.94. The van der Waals surface area contributed by atoms with Crippen molar-refractivity contribution in [1.82, 2.24) is 4.98 Å². The lowest BCUT2D eigenvalue weighted by Gasteiger charge is -2.20. The van der Waals surface area contributed by atoms with Gasteiger partial charge in [0.25, 0.3) is 0 Å². The number of benzene rings is 2. The van der Waals surface area contributed by atoms with Gasteiger partial charge < -0.3 is 9.72 Å². The zero-order valence-electron chi connectivity index (χ0n) is 13.5. The van der Waals surface area contributed by atoms with Crippen molar-refractivity contribution in [2.75, 3.05) is 7.11 Å². The van der Waals surface area contributed by atoms with Gasteiger partial charge in [0.05, 0.1) is 18.5 Å². The predicted molar refractivity (Wildman–Crippen MR) is 94.5 cm³/mol. The number of hydrogen-bond donors (Lipinski definition) is 1. The number of H-pyrrole nitrogens is 1. The molecule has 4 rings (SSSR count). The molecule has 0 saturated heterocycles. The summed E-state index contributed by atoms with van der Waals surface area (Å²) in [5, 5.41) is 1.15. The van der Waals surface area contributed by atoms with Gasteiger partial charge in [0.15, 0.2) is 6.04 Å². The highest BCUT2D eigenvalue weighted by Gasteiger charge is 2.29. The molecule has 0 aliphatic carbocycles. The Kier molecular flexibility index (Phi) is 3.65. The Bertz CT molecular complexity index is 925. The lowest BCUT2D eigenvalue weighted by Crippen LogP contribution is -2.29. The minimum atomic E-state index is -0.472. The molecule has 0 fully saturated rings. The van der Waals surface area contributed by atoms with E-state index < -0.39 is 6.04 Å². The highest BCUT2D eigenvalue weighted by Crippen LogP contribution is 2.29. The molecule has 0 amide bonds. The van der Waals surface area contributed by atoms with Crippen LogP contribution >= 0.6 is 0 Å². The Labute approximate surface area is 140 Å². The number of aliphatic imine (C=N–C) groups is 1. The summed E-state index contributed by atoms with van der Waals surface area (Å²) in [6, 6.07) is 17.9. The summed E-state index contributed by atoms with van der Waals surface area (Å²) in [5.41, 5.74) is 5.36. The van der Waals surface area contributed by atoms with Crippen LogP contribution in [0.2, 0.25) is 0 Å². The third-order valence-electron chi connectivity index (χ3n) is 4.50. The van der Waals surface area contributed by atoms with Crippen molar-refractivity contribution in [2.45, 2.75) is 18.9 Å². The first-order chi connectivity index (χ1) is 11.8. The number of rotatable bonds is 3. The third-order valence-corrected chi connectivity index (χ3v) is 4.50. The molecule has 120 valence electrons. The van der Waals surface area contributed by atoms with Crippen molar-refractivity contribution >= 4 is 22.6 Å². The predicted octanol–water partition coefficient (Wildman–Crippen LogP) is 3.30. The largest absolute Gasteiger partial charge is 0.467 e. The molecule has 1 atom stereocenters. The average Bonchev–Trinajstić information content (AvgIpc) is 3.01. The molecule has 2 heterocycles. The minimum absolute atomic E-state index is 0.281. The van der Waals surface area contributed by atoms with Gasteiger partial charge in [0.2, 0.25) is 0 Å². The van der Waals surface area contributed by atoms with Crippen LogP contribution in [-0.2, 0) is 22.4 Å². The van der Waals surface area contributed by atoms with Crippen LogP contribution in [0.25, 0.3) is 10.9 Å². The average molecular weight is 318 g/mol. The molecule has 3 aromatic rings. The maximum absolute atomic E-state index is 12.1. The van der Waals surface area contributed by atoms with Crippen LogP contribution in [0.4, 0.5) is 0 Å². The van der Waals surface area contributed by atoms with Crippen LogP contribution < -0.4 is 0 Å². The number of para-hydroxylation sites is 1. The second kappa shape index (κ2) is 5.96. The normalized spacial score (nSPS) is 16.5. The number of carbonyl (C=O) groups is 1. The van der Waals surface area contributed by atoms with Gasteiger partial charge in [-0.1, -0.05) is 48.5 Å². The number of hydrogen-bond acceptors (Lipinski definition) is 3. The van der Waals surface area contributed by atoms with E-state index in [1.807, 2.05) is 30.3 Å². The van der Waals surface area contributed by atoms with Crippen molar-refractivity contribution in [3.8, 4) is 0 Å². The van der Waals surface area contributed by atoms with Crippen LogP contribution in [0, 0.1) is 0 Å². The standard InChI is InChI=1S/C20H18N2O2/c1-24-20(23)18-12-15-14-9-5-6-10-16(14)22-19(15)17(21-18)11-13-7-3-2-4-8-13/h2-10,18,22H,11-12H2,1H3. The second-order valence-electron chi connectivity index (χ2n) is 6.01. The molecule has 1 unspecified atom stereocenters. The first-order valence-electron chi connectivity index (χ1n) is 8.04. The van der Waals surface area contributed by atoms with Crippen LogP contribution in [-0.4, -0.2) is 29.8 Å². The number of methoxy groups -OCH3 is 1. The molecule has 4 heteroatoms. The van der Waals surface area contributed by atoms with Gasteiger partial charge in [0.1, 0.15) is 0 Å². The molecule has 0 radical (unpaired) electrons. The van der Waals surface area contributed by atoms with E-state index in [4.69, 9.17) is 9.73 Å². The SMILES string of the molecule is COC(=O)C1Cc2c([nH]c3ccccc23)C(Cc2ccccc2)=N1. The maximum Gasteiger partial charge on any atom is 0.330 e. The Balaban J connectivity index is 1.82. The Hall–Kier alpha value is -2.88. The van der Waals surface area contributed by atoms with E-state index in [2.05, 4.69) is 29.2 Å². The summed E-state index contributed by atoms with van der Waals surface area (Å²) in [6.45, 7) is 0. The number of ether oxygens (including phenoxy) is 1. The third kappa shape index (κ3) is 2.50. The maximum atomic E-state index is 12.1. The lowest BCUT2D eigenvalue weighted by molar-refractivity contribution is -0.142. The minimum Gasteiger partial charge on any atom is -0.467 e. The summed E-state index contributed by atoms with van der Waals surface area (Å²) >= 11 is 0. The van der Waals surface area contributed by atoms with Gasteiger partial charge in [-0.15, -0.1) is 0 Å². The van der Waals surface area contributed by atoms with Crippen molar-refractivity contribution in [3.05, 3.63) is 71.4 Å². The summed E-state index contributed by atoms with van der Waals surface area (Å²) < 4.78 is 4.94. The molecule has 0 saturated carbocycles. The number of fused-ring (bicyclic) bond motifs is 3. The molecule has 0 bridgehead atoms. The van der Waals surface area contributed by atoms with Gasteiger partial charge in [-0.05, 0) is 17.2 Å². The van der Waals surface area contributed by atoms with Crippen molar-refractivity contribution in [1.29, 1.82) is 0 Å². The summed E-state index contributed by atoms with van der Waals surface area (Å²) in [7, 11) is 1.42. The Morgan fingerprint density at radius 3 is 2.71 bits per heavy atom. The molecule has 0 spiro atoms. The number of aromatic amines is 1. The number of carbonyl (C=O) groups excluding carboxylic acids is 1. The smallest absolute Gasteiger partial charge is 0.330 e. The van der Waals surface area contributed by atoms with E-state index in [-0.39, 0.29) is 5.97 Å². The molecular weight excluding hydrogens is 300 g/mol. The number of nitrogens with one attached hydrogen (secondary N) is 1. The van der Waals surface area contributed by atoms with E-state index in [1.54, 1.807) is 0 Å². The van der Waals surface area contributed by atoms with E-state index in [0.29, 0.717) is 12.8 Å². The van der Waals surface area contributed by atoms with E-state index in [9.17, 15) is 4.79 Å². The monoisotopic (exact) mass is 318 g/mol. The fraction of sp³-hybridized carbons (Fsp3) is 0.200. The van der Waals surface area contributed by atoms with Gasteiger partial charge in [0, 0.05) is 23.7 Å². The van der Waals surface area contributed by atoms with E-state index in [0.717, 1.165) is 27.9 Å². The van der Waals surface area contributed by atoms with Gasteiger partial charge in [-0.25, -0.2) is 4.79 Å². The fourth-order valence-electron chi connectivity index (χ4n) is 3.35. The van der Waals surface area contributed by atoms with Crippen LogP contribution in [0.1, 0.15) is 16.8 Å². The topological polar surface area (TPSA) is 54.5 Å². The number of aromatic nitrogens is 1. The zero-order chi connectivity index (χ0) is 16.5. The Morgan fingerprint density at radius 2 is 1.92 bits per heavy atom. The van der Waals surface area contributed by atoms with Gasteiger partial charge >= 0.3 is 5.97 Å². The zero-order valence-corrected chi connectivity index (χ0v) is 13.5. The summed E-state index contributed by atoms with van der Waals surface area (Å²) in [5.74, 6) is -0.281. The van der Waals surface area contributed by atoms with Gasteiger partial charge in [-0.2, -0.15) is 0 Å². The van der Waals surface area contributed by atoms with E-state index in [1.165, 1.54) is 12.7 Å². The van der Waals surface area contributed by atoms with Crippen molar-refractivity contribution in [3.63, 3.8) is 0 Å². The molecule has 1 aliphatic heterocycles. The van der Waals surface area contributed by atoms with E-state index >= 15 is 0 Å². The highest BCUT2D eigenvalue weighted by atomic mass is 16.5. The molecule has 1 aromatic heterocycles.